The molecule has 0 aliphatic carbocycles. The largest absolute Gasteiger partial charge is 0.756 e. The molecule has 9 heteroatoms. The lowest BCUT2D eigenvalue weighted by molar-refractivity contribution is -0.870. The van der Waals surface area contributed by atoms with Gasteiger partial charge in [0.05, 0.1) is 39.9 Å². The monoisotopic (exact) mass is 1140 g/mol. The highest BCUT2D eigenvalue weighted by Gasteiger charge is 2.23. The normalized spacial score (nSPS) is 14.3. The fourth-order valence-electron chi connectivity index (χ4n) is 9.59. The number of likely N-dealkylation sites (N-methyl/N-ethyl adjacent to an activating group) is 1. The van der Waals surface area contributed by atoms with Crippen LogP contribution in [0.3, 0.4) is 0 Å². The van der Waals surface area contributed by atoms with Gasteiger partial charge in [0.15, 0.2) is 0 Å². The van der Waals surface area contributed by atoms with Crippen molar-refractivity contribution < 1.29 is 32.9 Å². The average Bonchev–Trinajstić information content (AvgIpc) is 3.42. The summed E-state index contributed by atoms with van der Waals surface area (Å²) in [5.74, 6) is -0.205. The Labute approximate surface area is 496 Å². The van der Waals surface area contributed by atoms with Crippen LogP contribution in [0.2, 0.25) is 0 Å². The van der Waals surface area contributed by atoms with Crippen molar-refractivity contribution in [2.75, 3.05) is 40.9 Å². The van der Waals surface area contributed by atoms with Crippen molar-refractivity contribution in [3.8, 4) is 0 Å². The highest BCUT2D eigenvalue weighted by molar-refractivity contribution is 7.45. The lowest BCUT2D eigenvalue weighted by atomic mass is 10.0. The zero-order valence-electron chi connectivity index (χ0n) is 53.0. The molecule has 80 heavy (non-hydrogen) atoms. The molecule has 0 bridgehead atoms. The Morgan fingerprint density at radius 1 is 0.450 bits per heavy atom. The summed E-state index contributed by atoms with van der Waals surface area (Å²) in [6.45, 7) is 4.54. The highest BCUT2D eigenvalue weighted by Crippen LogP contribution is 2.38. The van der Waals surface area contributed by atoms with Crippen LogP contribution >= 0.6 is 7.82 Å². The predicted molar refractivity (Wildman–Crippen MR) is 348 cm³/mol. The Balaban J connectivity index is 4.02. The molecule has 3 unspecified atom stereocenters. The van der Waals surface area contributed by atoms with E-state index in [1.165, 1.54) is 199 Å². The molecule has 2 N–H and O–H groups in total. The number of nitrogens with zero attached hydrogens (tertiary/aromatic N) is 1. The summed E-state index contributed by atoms with van der Waals surface area (Å²) in [7, 11) is 1.25. The maximum absolute atomic E-state index is 13.0. The number of hydrogen-bond donors (Lipinski definition) is 2. The van der Waals surface area contributed by atoms with Gasteiger partial charge in [-0.3, -0.25) is 9.36 Å². The number of nitrogens with one attached hydrogen (secondary N) is 1. The van der Waals surface area contributed by atoms with Gasteiger partial charge in [-0.1, -0.05) is 304 Å². The Hall–Kier alpha value is -2.58. The number of carbonyl (C=O) groups excluding carboxylic acids is 1. The minimum Gasteiger partial charge on any atom is -0.756 e. The lowest BCUT2D eigenvalue weighted by Gasteiger charge is -2.29. The second-order valence-corrected chi connectivity index (χ2v) is 25.2. The number of allylic oxidation sites excluding steroid dienone is 15. The molecule has 0 aromatic heterocycles. The van der Waals surface area contributed by atoms with E-state index in [1.54, 1.807) is 6.08 Å². The SMILES string of the molecule is CC/C=C\C/C=C\C/C=C\C/C=C\C/C=C\C/C=C\CCCCCCCCCCCCCCCCCCCCCCC(=O)NC(COP(=O)([O-])OCC[N+](C)(C)C)C(O)/C=C/CC/C=C/CCCCCCCCCCCCCCC. The number of quaternary nitrogens is 1. The first-order chi connectivity index (χ1) is 39.0. The van der Waals surface area contributed by atoms with Gasteiger partial charge in [0.2, 0.25) is 5.91 Å². The first-order valence-electron chi connectivity index (χ1n) is 33.6. The van der Waals surface area contributed by atoms with Gasteiger partial charge in [0.25, 0.3) is 7.82 Å². The number of phosphoric ester groups is 1. The summed E-state index contributed by atoms with van der Waals surface area (Å²) in [5.41, 5.74) is 0. The molecule has 1 amide bonds. The Bertz CT molecular complexity index is 1620. The van der Waals surface area contributed by atoms with E-state index in [2.05, 4.69) is 104 Å². The van der Waals surface area contributed by atoms with Gasteiger partial charge in [-0.15, -0.1) is 0 Å². The molecule has 0 spiro atoms. The Morgan fingerprint density at radius 3 is 1.16 bits per heavy atom. The van der Waals surface area contributed by atoms with Crippen LogP contribution in [0.15, 0.2) is 97.2 Å². The summed E-state index contributed by atoms with van der Waals surface area (Å²) < 4.78 is 23.4. The molecule has 464 valence electrons. The third-order valence-electron chi connectivity index (χ3n) is 14.8. The van der Waals surface area contributed by atoms with Crippen molar-refractivity contribution in [3.63, 3.8) is 0 Å². The van der Waals surface area contributed by atoms with Crippen molar-refractivity contribution in [3.05, 3.63) is 97.2 Å². The second kappa shape index (κ2) is 61.0. The number of rotatable bonds is 61. The number of amides is 1. The maximum Gasteiger partial charge on any atom is 0.268 e. The number of aliphatic hydroxyl groups is 1. The molecule has 0 fully saturated rings. The zero-order chi connectivity index (χ0) is 58.4. The molecule has 0 aliphatic heterocycles. The first-order valence-corrected chi connectivity index (χ1v) is 35.1. The molecular weight excluding hydrogens is 1010 g/mol. The van der Waals surface area contributed by atoms with E-state index in [9.17, 15) is 19.4 Å². The highest BCUT2D eigenvalue weighted by atomic mass is 31.2. The van der Waals surface area contributed by atoms with E-state index in [1.807, 2.05) is 27.2 Å². The van der Waals surface area contributed by atoms with Crippen molar-refractivity contribution in [2.45, 2.75) is 309 Å². The van der Waals surface area contributed by atoms with Crippen molar-refractivity contribution >= 4 is 13.7 Å². The minimum absolute atomic E-state index is 0.00771. The zero-order valence-corrected chi connectivity index (χ0v) is 53.9. The van der Waals surface area contributed by atoms with E-state index >= 15 is 0 Å². The first kappa shape index (κ1) is 77.4. The van der Waals surface area contributed by atoms with Gasteiger partial charge in [-0.2, -0.15) is 0 Å². The number of aliphatic hydroxyl groups excluding tert-OH is 1. The van der Waals surface area contributed by atoms with Gasteiger partial charge in [-0.25, -0.2) is 0 Å². The summed E-state index contributed by atoms with van der Waals surface area (Å²) >= 11 is 0. The van der Waals surface area contributed by atoms with Gasteiger partial charge >= 0.3 is 0 Å². The van der Waals surface area contributed by atoms with Gasteiger partial charge < -0.3 is 28.8 Å². The molecule has 0 heterocycles. The lowest BCUT2D eigenvalue weighted by Crippen LogP contribution is -2.45. The van der Waals surface area contributed by atoms with Crippen LogP contribution in [0.1, 0.15) is 296 Å². The van der Waals surface area contributed by atoms with Crippen molar-refractivity contribution in [1.82, 2.24) is 5.32 Å². The van der Waals surface area contributed by atoms with Gasteiger partial charge in [0, 0.05) is 6.42 Å². The average molecular weight is 1140 g/mol. The molecule has 0 radical (unpaired) electrons. The van der Waals surface area contributed by atoms with Crippen molar-refractivity contribution in [1.29, 1.82) is 0 Å². The molecule has 0 aliphatic rings. The van der Waals surface area contributed by atoms with E-state index in [-0.39, 0.29) is 12.5 Å². The van der Waals surface area contributed by atoms with E-state index < -0.39 is 26.6 Å². The van der Waals surface area contributed by atoms with Gasteiger partial charge in [-0.05, 0) is 83.5 Å². The van der Waals surface area contributed by atoms with E-state index in [0.717, 1.165) is 77.0 Å². The smallest absolute Gasteiger partial charge is 0.268 e. The quantitative estimate of drug-likeness (QED) is 0.0272. The van der Waals surface area contributed by atoms with Crippen LogP contribution in [-0.2, 0) is 18.4 Å². The summed E-state index contributed by atoms with van der Waals surface area (Å²) in [6, 6.07) is -0.907. The fourth-order valence-corrected chi connectivity index (χ4v) is 10.3. The Morgan fingerprint density at radius 2 is 0.775 bits per heavy atom. The number of phosphoric acid groups is 1. The van der Waals surface area contributed by atoms with Crippen LogP contribution in [0.5, 0.6) is 0 Å². The molecular formula is C71H129N2O6P. The van der Waals surface area contributed by atoms with Crippen molar-refractivity contribution in [2.24, 2.45) is 0 Å². The van der Waals surface area contributed by atoms with Crippen LogP contribution in [0, 0.1) is 0 Å². The minimum atomic E-state index is -4.61. The topological polar surface area (TPSA) is 108 Å². The molecule has 0 aromatic carbocycles. The summed E-state index contributed by atoms with van der Waals surface area (Å²) in [5, 5.41) is 13.9. The standard InChI is InChI=1S/C71H129N2O6P/c1-6-8-10-12-14-16-18-20-22-24-26-27-28-29-30-31-32-33-34-35-36-37-38-39-40-41-42-43-44-45-47-49-51-53-55-57-59-61-63-65-71(75)72-69(68-79-80(76,77)78-67-66-73(3,4)5)70(74)64-62-60-58-56-54-52-50-48-46-25-23-21-19-17-15-13-11-9-7-2/h8,10,14,16,20,22,26-27,29-30,32-33,54,56,62,64,69-70,74H,6-7,9,11-13,15,17-19,21,23-25,28,31,34-53,55,57-61,63,65-68H2,1-5H3,(H-,72,75,76,77)/b10-8-,16-14-,22-20-,27-26-,30-29-,33-32-,56-54+,64-62+. The fraction of sp³-hybridized carbons (Fsp3) is 0.761. The van der Waals surface area contributed by atoms with Crippen LogP contribution in [-0.4, -0.2) is 68.5 Å². The molecule has 0 aromatic rings. The van der Waals surface area contributed by atoms with Crippen LogP contribution in [0.25, 0.3) is 0 Å². The van der Waals surface area contributed by atoms with E-state index in [4.69, 9.17) is 9.05 Å². The molecule has 0 saturated heterocycles. The molecule has 0 rings (SSSR count). The summed E-state index contributed by atoms with van der Waals surface area (Å²) in [4.78, 5) is 25.6. The van der Waals surface area contributed by atoms with Crippen LogP contribution in [0.4, 0.5) is 0 Å². The molecule has 0 saturated carbocycles. The number of hydrogen-bond acceptors (Lipinski definition) is 6. The van der Waals surface area contributed by atoms with Gasteiger partial charge in [0.1, 0.15) is 13.2 Å². The molecule has 8 nitrogen and oxygen atoms in total. The number of unbranched alkanes of at least 4 members (excludes halogenated alkanes) is 34. The van der Waals surface area contributed by atoms with Crippen LogP contribution < -0.4 is 10.2 Å². The molecule has 3 atom stereocenters. The maximum atomic E-state index is 13.0. The van der Waals surface area contributed by atoms with E-state index in [0.29, 0.717) is 17.4 Å². The Kier molecular flexibility index (Phi) is 59.0. The second-order valence-electron chi connectivity index (χ2n) is 23.8. The predicted octanol–water partition coefficient (Wildman–Crippen LogP) is 20.7. The third kappa shape index (κ3) is 63.0. The summed E-state index contributed by atoms with van der Waals surface area (Å²) in [6.07, 6.45) is 88.1. The third-order valence-corrected chi connectivity index (χ3v) is 15.7. The number of carbonyl (C=O) groups is 1.